The zero-order valence-corrected chi connectivity index (χ0v) is 8.46. The molecule has 1 N–H and O–H groups in total. The number of aliphatic imine (C=N–C) groups is 1. The van der Waals surface area contributed by atoms with Crippen molar-refractivity contribution in [2.24, 2.45) is 4.99 Å². The largest absolute Gasteiger partial charge is 0.360 e. The molecular formula is C8H16N2S. The van der Waals surface area contributed by atoms with E-state index < -0.39 is 0 Å². The first-order chi connectivity index (χ1) is 4.97. The molecule has 0 bridgehead atoms. The van der Waals surface area contributed by atoms with Crippen LogP contribution in [0.3, 0.4) is 0 Å². The Morgan fingerprint density at radius 1 is 1.55 bits per heavy atom. The number of rotatable bonds is 0. The smallest absolute Gasteiger partial charge is 0.157 e. The summed E-state index contributed by atoms with van der Waals surface area (Å²) in [5.41, 5.74) is 0.149. The molecule has 1 aliphatic rings. The summed E-state index contributed by atoms with van der Waals surface area (Å²) in [7, 11) is 0. The third-order valence-corrected chi connectivity index (χ3v) is 2.41. The average Bonchev–Trinajstić information content (AvgIpc) is 2.10. The van der Waals surface area contributed by atoms with Gasteiger partial charge in [-0.1, -0.05) is 11.8 Å². The highest BCUT2D eigenvalue weighted by molar-refractivity contribution is 8.14. The second kappa shape index (κ2) is 3.05. The summed E-state index contributed by atoms with van der Waals surface area (Å²) in [6.07, 6.45) is 0. The Kier molecular flexibility index (Phi) is 2.47. The molecule has 0 radical (unpaired) electrons. The van der Waals surface area contributed by atoms with E-state index in [2.05, 4.69) is 38.0 Å². The molecule has 2 nitrogen and oxygen atoms in total. The summed E-state index contributed by atoms with van der Waals surface area (Å²) in [5, 5.41) is 4.46. The van der Waals surface area contributed by atoms with E-state index in [9.17, 15) is 0 Å². The molecule has 0 saturated heterocycles. The van der Waals surface area contributed by atoms with Crippen LogP contribution in [-0.4, -0.2) is 22.5 Å². The van der Waals surface area contributed by atoms with Crippen LogP contribution in [0.4, 0.5) is 0 Å². The molecule has 1 rings (SSSR count). The zero-order chi connectivity index (χ0) is 8.48. The maximum Gasteiger partial charge on any atom is 0.157 e. The first kappa shape index (κ1) is 8.91. The Morgan fingerprint density at radius 3 is 2.55 bits per heavy atom. The van der Waals surface area contributed by atoms with Gasteiger partial charge in [0.2, 0.25) is 0 Å². The van der Waals surface area contributed by atoms with Crippen molar-refractivity contribution in [1.82, 2.24) is 5.32 Å². The summed E-state index contributed by atoms with van der Waals surface area (Å²) in [6.45, 7) is 8.60. The number of hydrogen-bond donors (Lipinski definition) is 1. The second-order valence-electron chi connectivity index (χ2n) is 3.97. The summed E-state index contributed by atoms with van der Waals surface area (Å²) in [4.78, 5) is 4.44. The highest BCUT2D eigenvalue weighted by atomic mass is 32.2. The van der Waals surface area contributed by atoms with Crippen molar-refractivity contribution in [3.05, 3.63) is 0 Å². The molecule has 3 heteroatoms. The summed E-state index contributed by atoms with van der Waals surface area (Å²) >= 11 is 1.82. The fraction of sp³-hybridized carbons (Fsp3) is 0.875. The first-order valence-corrected chi connectivity index (χ1v) is 4.95. The number of amidine groups is 1. The molecule has 0 aromatic heterocycles. The van der Waals surface area contributed by atoms with Crippen LogP contribution in [-0.2, 0) is 0 Å². The van der Waals surface area contributed by atoms with Crippen molar-refractivity contribution in [2.75, 3.05) is 5.75 Å². The van der Waals surface area contributed by atoms with E-state index in [1.807, 2.05) is 11.8 Å². The second-order valence-corrected chi connectivity index (χ2v) is 4.98. The third kappa shape index (κ3) is 3.14. The van der Waals surface area contributed by atoms with Gasteiger partial charge in [-0.2, -0.15) is 0 Å². The van der Waals surface area contributed by atoms with Gasteiger partial charge in [-0.3, -0.25) is 4.99 Å². The Bertz CT molecular complexity index is 169. The lowest BCUT2D eigenvalue weighted by Crippen LogP contribution is -2.38. The van der Waals surface area contributed by atoms with Crippen LogP contribution < -0.4 is 5.32 Å². The monoisotopic (exact) mass is 172 g/mol. The Balaban J connectivity index is 2.45. The van der Waals surface area contributed by atoms with Crippen molar-refractivity contribution < 1.29 is 0 Å². The molecule has 11 heavy (non-hydrogen) atoms. The third-order valence-electron chi connectivity index (χ3n) is 1.28. The van der Waals surface area contributed by atoms with Crippen LogP contribution >= 0.6 is 11.8 Å². The molecular weight excluding hydrogens is 156 g/mol. The molecule has 0 aliphatic carbocycles. The Labute approximate surface area is 72.9 Å². The van der Waals surface area contributed by atoms with E-state index in [0.717, 1.165) is 10.9 Å². The predicted molar refractivity (Wildman–Crippen MR) is 52.2 cm³/mol. The van der Waals surface area contributed by atoms with Gasteiger partial charge in [0, 0.05) is 11.3 Å². The molecule has 0 saturated carbocycles. The standard InChI is InChI=1S/C8H16N2S/c1-6-5-11-7(9-6)10-8(2,3)4/h6H,5H2,1-4H3,(H,9,10). The van der Waals surface area contributed by atoms with Crippen LogP contribution in [0.25, 0.3) is 0 Å². The van der Waals surface area contributed by atoms with Gasteiger partial charge in [0.15, 0.2) is 5.17 Å². The Hall–Kier alpha value is -0.180. The molecule has 1 aliphatic heterocycles. The number of nitrogens with one attached hydrogen (secondary N) is 1. The van der Waals surface area contributed by atoms with E-state index in [4.69, 9.17) is 0 Å². The van der Waals surface area contributed by atoms with Crippen molar-refractivity contribution >= 4 is 16.9 Å². The van der Waals surface area contributed by atoms with Crippen LogP contribution in [0, 0.1) is 0 Å². The SMILES string of the molecule is CC1CSC(NC(C)(C)C)=N1. The van der Waals surface area contributed by atoms with E-state index in [1.54, 1.807) is 0 Å². The average molecular weight is 172 g/mol. The number of nitrogens with zero attached hydrogens (tertiary/aromatic N) is 1. The fourth-order valence-electron chi connectivity index (χ4n) is 0.863. The van der Waals surface area contributed by atoms with E-state index in [-0.39, 0.29) is 5.54 Å². The molecule has 0 amide bonds. The van der Waals surface area contributed by atoms with Gasteiger partial charge in [0.05, 0.1) is 6.04 Å². The van der Waals surface area contributed by atoms with E-state index in [0.29, 0.717) is 6.04 Å². The zero-order valence-electron chi connectivity index (χ0n) is 7.64. The fourth-order valence-corrected chi connectivity index (χ4v) is 1.97. The lowest BCUT2D eigenvalue weighted by atomic mass is 10.1. The lowest BCUT2D eigenvalue weighted by Gasteiger charge is -2.20. The van der Waals surface area contributed by atoms with E-state index >= 15 is 0 Å². The normalized spacial score (nSPS) is 25.1. The van der Waals surface area contributed by atoms with Gasteiger partial charge in [0.1, 0.15) is 0 Å². The first-order valence-electron chi connectivity index (χ1n) is 3.96. The van der Waals surface area contributed by atoms with Crippen molar-refractivity contribution in [2.45, 2.75) is 39.3 Å². The van der Waals surface area contributed by atoms with Crippen molar-refractivity contribution in [3.8, 4) is 0 Å². The number of thioether (sulfide) groups is 1. The highest BCUT2D eigenvalue weighted by Crippen LogP contribution is 2.17. The topological polar surface area (TPSA) is 24.4 Å². The maximum absolute atomic E-state index is 4.44. The summed E-state index contributed by atoms with van der Waals surface area (Å²) in [6, 6.07) is 0.491. The molecule has 1 unspecified atom stereocenters. The molecule has 0 aromatic carbocycles. The van der Waals surface area contributed by atoms with Gasteiger partial charge in [-0.25, -0.2) is 0 Å². The maximum atomic E-state index is 4.44. The molecule has 0 spiro atoms. The van der Waals surface area contributed by atoms with Gasteiger partial charge >= 0.3 is 0 Å². The molecule has 0 fully saturated rings. The molecule has 64 valence electrons. The van der Waals surface area contributed by atoms with Gasteiger partial charge in [-0.15, -0.1) is 0 Å². The highest BCUT2D eigenvalue weighted by Gasteiger charge is 2.18. The summed E-state index contributed by atoms with van der Waals surface area (Å²) < 4.78 is 0. The van der Waals surface area contributed by atoms with Gasteiger partial charge < -0.3 is 5.32 Å². The van der Waals surface area contributed by atoms with E-state index in [1.165, 1.54) is 0 Å². The van der Waals surface area contributed by atoms with Crippen LogP contribution in [0.15, 0.2) is 4.99 Å². The minimum atomic E-state index is 0.149. The van der Waals surface area contributed by atoms with Crippen molar-refractivity contribution in [3.63, 3.8) is 0 Å². The van der Waals surface area contributed by atoms with Gasteiger partial charge in [0.25, 0.3) is 0 Å². The van der Waals surface area contributed by atoms with Crippen LogP contribution in [0.1, 0.15) is 27.7 Å². The minimum Gasteiger partial charge on any atom is -0.360 e. The van der Waals surface area contributed by atoms with Crippen LogP contribution in [0.5, 0.6) is 0 Å². The number of hydrogen-bond acceptors (Lipinski definition) is 3. The lowest BCUT2D eigenvalue weighted by molar-refractivity contribution is 0.515. The Morgan fingerprint density at radius 2 is 2.18 bits per heavy atom. The molecule has 1 atom stereocenters. The quantitative estimate of drug-likeness (QED) is 0.603. The minimum absolute atomic E-state index is 0.149. The van der Waals surface area contributed by atoms with Crippen molar-refractivity contribution in [1.29, 1.82) is 0 Å². The molecule has 1 heterocycles. The van der Waals surface area contributed by atoms with Gasteiger partial charge in [-0.05, 0) is 27.7 Å². The van der Waals surface area contributed by atoms with Crippen LogP contribution in [0.2, 0.25) is 0 Å². The summed E-state index contributed by atoms with van der Waals surface area (Å²) in [5.74, 6) is 1.12. The molecule has 0 aromatic rings. The predicted octanol–water partition coefficient (Wildman–Crippen LogP) is 1.87.